The molecule has 2 N–H and O–H groups in total. The first-order valence-corrected chi connectivity index (χ1v) is 6.64. The number of aldehydes is 1. The number of aromatic nitrogens is 2. The minimum atomic E-state index is 0.463. The van der Waals surface area contributed by atoms with E-state index >= 15 is 0 Å². The molecule has 4 nitrogen and oxygen atoms in total. The maximum absolute atomic E-state index is 11.2. The van der Waals surface area contributed by atoms with Crippen LogP contribution in [0.25, 0.3) is 11.3 Å². The molecule has 2 rings (SSSR count). The molecule has 0 saturated heterocycles. The third kappa shape index (κ3) is 2.84. The molecule has 1 aromatic carbocycles. The summed E-state index contributed by atoms with van der Waals surface area (Å²) in [5.74, 6) is 0.463. The highest BCUT2D eigenvalue weighted by Gasteiger charge is 2.15. The summed E-state index contributed by atoms with van der Waals surface area (Å²) in [7, 11) is 0. The average molecular weight is 257 g/mol. The van der Waals surface area contributed by atoms with Gasteiger partial charge in [-0.3, -0.25) is 4.79 Å². The van der Waals surface area contributed by atoms with Crippen molar-refractivity contribution in [2.75, 3.05) is 5.73 Å². The standard InChI is InChI=1S/C15H19N3O/c1-2-3-7-10-18-15(16)13(11-19)14(17-18)12-8-5-4-6-9-12/h4-6,8-9,11H,2-3,7,10,16H2,1H3. The van der Waals surface area contributed by atoms with Crippen LogP contribution < -0.4 is 5.73 Å². The van der Waals surface area contributed by atoms with Crippen LogP contribution in [-0.2, 0) is 6.54 Å². The van der Waals surface area contributed by atoms with E-state index in [0.717, 1.165) is 37.7 Å². The molecule has 0 aliphatic carbocycles. The van der Waals surface area contributed by atoms with Crippen molar-refractivity contribution in [2.45, 2.75) is 32.7 Å². The molecular formula is C15H19N3O. The summed E-state index contributed by atoms with van der Waals surface area (Å²) in [6, 6.07) is 9.66. The van der Waals surface area contributed by atoms with E-state index in [1.165, 1.54) is 0 Å². The van der Waals surface area contributed by atoms with E-state index in [1.807, 2.05) is 30.3 Å². The van der Waals surface area contributed by atoms with Gasteiger partial charge in [0.2, 0.25) is 0 Å². The lowest BCUT2D eigenvalue weighted by molar-refractivity contribution is 0.112. The molecule has 0 fully saturated rings. The number of hydrogen-bond acceptors (Lipinski definition) is 3. The van der Waals surface area contributed by atoms with E-state index in [-0.39, 0.29) is 0 Å². The molecule has 1 aromatic heterocycles. The minimum absolute atomic E-state index is 0.463. The highest BCUT2D eigenvalue weighted by atomic mass is 16.1. The molecule has 4 heteroatoms. The number of hydrogen-bond donors (Lipinski definition) is 1. The molecule has 0 unspecified atom stereocenters. The van der Waals surface area contributed by atoms with Gasteiger partial charge in [0.15, 0.2) is 6.29 Å². The number of rotatable bonds is 6. The van der Waals surface area contributed by atoms with Gasteiger partial charge in [-0.05, 0) is 6.42 Å². The Morgan fingerprint density at radius 2 is 2.00 bits per heavy atom. The largest absolute Gasteiger partial charge is 0.383 e. The first-order valence-electron chi connectivity index (χ1n) is 6.64. The smallest absolute Gasteiger partial charge is 0.156 e. The molecule has 0 radical (unpaired) electrons. The van der Waals surface area contributed by atoms with E-state index in [2.05, 4.69) is 12.0 Å². The first-order chi connectivity index (χ1) is 9.27. The second-order valence-corrected chi connectivity index (χ2v) is 4.56. The molecule has 0 aliphatic heterocycles. The molecule has 100 valence electrons. The van der Waals surface area contributed by atoms with Gasteiger partial charge in [-0.25, -0.2) is 4.68 Å². The van der Waals surface area contributed by atoms with Crippen molar-refractivity contribution in [1.29, 1.82) is 0 Å². The van der Waals surface area contributed by atoms with Crippen LogP contribution >= 0.6 is 0 Å². The summed E-state index contributed by atoms with van der Waals surface area (Å²) in [6.07, 6.45) is 4.10. The van der Waals surface area contributed by atoms with Crippen molar-refractivity contribution in [1.82, 2.24) is 9.78 Å². The Kier molecular flexibility index (Phi) is 4.34. The Hall–Kier alpha value is -2.10. The van der Waals surface area contributed by atoms with Crippen molar-refractivity contribution < 1.29 is 4.79 Å². The normalized spacial score (nSPS) is 10.6. The molecule has 0 aliphatic rings. The number of anilines is 1. The second kappa shape index (κ2) is 6.18. The first kappa shape index (κ1) is 13.3. The van der Waals surface area contributed by atoms with Gasteiger partial charge >= 0.3 is 0 Å². The molecule has 0 amide bonds. The third-order valence-electron chi connectivity index (χ3n) is 3.17. The van der Waals surface area contributed by atoms with Crippen molar-refractivity contribution >= 4 is 12.1 Å². The summed E-state index contributed by atoms with van der Waals surface area (Å²) in [4.78, 5) is 11.2. The fraction of sp³-hybridized carbons (Fsp3) is 0.333. The van der Waals surface area contributed by atoms with Crippen LogP contribution in [0, 0.1) is 0 Å². The molecule has 2 aromatic rings. The number of unbranched alkanes of at least 4 members (excludes halogenated alkanes) is 2. The summed E-state index contributed by atoms with van der Waals surface area (Å²) in [5.41, 5.74) is 8.08. The zero-order valence-electron chi connectivity index (χ0n) is 11.2. The summed E-state index contributed by atoms with van der Waals surface area (Å²) in [5, 5.41) is 4.48. The lowest BCUT2D eigenvalue weighted by atomic mass is 10.1. The zero-order valence-corrected chi connectivity index (χ0v) is 11.2. The van der Waals surface area contributed by atoms with E-state index in [1.54, 1.807) is 4.68 Å². The maximum atomic E-state index is 11.2. The number of carbonyl (C=O) groups excluding carboxylic acids is 1. The number of carbonyl (C=O) groups is 1. The lowest BCUT2D eigenvalue weighted by Gasteiger charge is -2.02. The predicted octanol–water partition coefficient (Wildman–Crippen LogP) is 3.14. The molecule has 0 bridgehead atoms. The Morgan fingerprint density at radius 3 is 2.63 bits per heavy atom. The Balaban J connectivity index is 2.34. The monoisotopic (exact) mass is 257 g/mol. The quantitative estimate of drug-likeness (QED) is 0.638. The van der Waals surface area contributed by atoms with Crippen molar-refractivity contribution in [3.05, 3.63) is 35.9 Å². The molecule has 0 saturated carbocycles. The number of nitrogens with zero attached hydrogens (tertiary/aromatic N) is 2. The molecular weight excluding hydrogens is 238 g/mol. The highest BCUT2D eigenvalue weighted by molar-refractivity contribution is 5.91. The number of benzene rings is 1. The van der Waals surface area contributed by atoms with E-state index in [9.17, 15) is 4.79 Å². The van der Waals surface area contributed by atoms with Gasteiger partial charge in [-0.2, -0.15) is 5.10 Å². The molecule has 0 spiro atoms. The van der Waals surface area contributed by atoms with Gasteiger partial charge in [-0.1, -0.05) is 50.1 Å². The minimum Gasteiger partial charge on any atom is -0.383 e. The predicted molar refractivity (Wildman–Crippen MR) is 77.0 cm³/mol. The average Bonchev–Trinajstić information content (AvgIpc) is 2.77. The summed E-state index contributed by atoms with van der Waals surface area (Å²) >= 11 is 0. The Morgan fingerprint density at radius 1 is 1.26 bits per heavy atom. The van der Waals surface area contributed by atoms with Crippen LogP contribution in [-0.4, -0.2) is 16.1 Å². The van der Waals surface area contributed by atoms with Crippen LogP contribution in [0.2, 0.25) is 0 Å². The topological polar surface area (TPSA) is 60.9 Å². The fourth-order valence-corrected chi connectivity index (χ4v) is 2.10. The number of nitrogen functional groups attached to an aromatic ring is 1. The Bertz CT molecular complexity index is 546. The maximum Gasteiger partial charge on any atom is 0.156 e. The van der Waals surface area contributed by atoms with Gasteiger partial charge in [0.1, 0.15) is 11.5 Å². The van der Waals surface area contributed by atoms with Crippen molar-refractivity contribution in [3.63, 3.8) is 0 Å². The molecule has 19 heavy (non-hydrogen) atoms. The molecule has 0 atom stereocenters. The second-order valence-electron chi connectivity index (χ2n) is 4.56. The molecule has 1 heterocycles. The Labute approximate surface area is 113 Å². The summed E-state index contributed by atoms with van der Waals surface area (Å²) in [6.45, 7) is 2.91. The van der Waals surface area contributed by atoms with Crippen LogP contribution in [0.3, 0.4) is 0 Å². The zero-order chi connectivity index (χ0) is 13.7. The third-order valence-corrected chi connectivity index (χ3v) is 3.17. The number of nitrogens with two attached hydrogens (primary N) is 1. The highest BCUT2D eigenvalue weighted by Crippen LogP contribution is 2.25. The van der Waals surface area contributed by atoms with Gasteiger partial charge in [0.25, 0.3) is 0 Å². The van der Waals surface area contributed by atoms with Gasteiger partial charge in [0.05, 0.1) is 5.56 Å². The fourth-order valence-electron chi connectivity index (χ4n) is 2.10. The van der Waals surface area contributed by atoms with Crippen LogP contribution in [0.4, 0.5) is 5.82 Å². The van der Waals surface area contributed by atoms with E-state index in [4.69, 9.17) is 5.73 Å². The van der Waals surface area contributed by atoms with E-state index in [0.29, 0.717) is 17.1 Å². The van der Waals surface area contributed by atoms with Crippen LogP contribution in [0.5, 0.6) is 0 Å². The summed E-state index contributed by atoms with van der Waals surface area (Å²) < 4.78 is 1.74. The van der Waals surface area contributed by atoms with Crippen LogP contribution in [0.15, 0.2) is 30.3 Å². The van der Waals surface area contributed by atoms with Gasteiger partial charge in [-0.15, -0.1) is 0 Å². The van der Waals surface area contributed by atoms with Gasteiger partial charge < -0.3 is 5.73 Å². The van der Waals surface area contributed by atoms with E-state index < -0.39 is 0 Å². The van der Waals surface area contributed by atoms with Crippen molar-refractivity contribution in [3.8, 4) is 11.3 Å². The SMILES string of the molecule is CCCCCn1nc(-c2ccccc2)c(C=O)c1N. The van der Waals surface area contributed by atoms with Gasteiger partial charge in [0, 0.05) is 12.1 Å². The lowest BCUT2D eigenvalue weighted by Crippen LogP contribution is -2.05. The van der Waals surface area contributed by atoms with Crippen molar-refractivity contribution in [2.24, 2.45) is 0 Å². The van der Waals surface area contributed by atoms with Crippen LogP contribution in [0.1, 0.15) is 36.5 Å². The number of aryl methyl sites for hydroxylation is 1.